The van der Waals surface area contributed by atoms with E-state index in [2.05, 4.69) is 15.3 Å². The van der Waals surface area contributed by atoms with Crippen LogP contribution in [0.2, 0.25) is 0 Å². The first kappa shape index (κ1) is 19.9. The van der Waals surface area contributed by atoms with Crippen molar-refractivity contribution in [2.24, 2.45) is 0 Å². The maximum absolute atomic E-state index is 10.9. The van der Waals surface area contributed by atoms with Crippen molar-refractivity contribution in [3.63, 3.8) is 0 Å². The second-order valence-corrected chi connectivity index (χ2v) is 6.67. The van der Waals surface area contributed by atoms with Crippen LogP contribution in [0, 0.1) is 0 Å². The van der Waals surface area contributed by atoms with Crippen LogP contribution in [0.15, 0.2) is 0 Å². The lowest BCUT2D eigenvalue weighted by molar-refractivity contribution is 0.238. The zero-order valence-corrected chi connectivity index (χ0v) is 14.1. The summed E-state index contributed by atoms with van der Waals surface area (Å²) in [6.45, 7) is 2.48. The van der Waals surface area contributed by atoms with E-state index in [1.165, 1.54) is 57.8 Å². The van der Waals surface area contributed by atoms with Gasteiger partial charge < -0.3 is 0 Å². The molecule has 0 aromatic heterocycles. The van der Waals surface area contributed by atoms with Gasteiger partial charge in [-0.05, 0) is 6.42 Å². The third-order valence-electron chi connectivity index (χ3n) is 3.43. The van der Waals surface area contributed by atoms with Crippen LogP contribution in [0.3, 0.4) is 0 Å². The summed E-state index contributed by atoms with van der Waals surface area (Å²) in [5.74, 6) is 0. The lowest BCUT2D eigenvalue weighted by atomic mass is 10.1. The molecule has 4 nitrogen and oxygen atoms in total. The van der Waals surface area contributed by atoms with Gasteiger partial charge >= 0.3 is 10.4 Å². The highest BCUT2D eigenvalue weighted by Gasteiger charge is 2.07. The van der Waals surface area contributed by atoms with E-state index in [-0.39, 0.29) is 6.61 Å². The number of rotatable bonds is 15. The van der Waals surface area contributed by atoms with Gasteiger partial charge in [0.15, 0.2) is 0 Å². The molecule has 0 saturated carbocycles. The van der Waals surface area contributed by atoms with E-state index in [0.717, 1.165) is 26.4 Å². The van der Waals surface area contributed by atoms with Gasteiger partial charge in [-0.15, -0.1) is 0 Å². The summed E-state index contributed by atoms with van der Waals surface area (Å²) in [6.07, 6.45) is 15.0. The molecule has 0 aliphatic heterocycles. The Morgan fingerprint density at radius 3 is 1.50 bits per heavy atom. The van der Waals surface area contributed by atoms with E-state index < -0.39 is 10.4 Å². The average Bonchev–Trinajstić information content (AvgIpc) is 2.44. The Balaban J connectivity index is 3.10. The molecular weight excluding hydrogens is 276 g/mol. The first-order chi connectivity index (χ1) is 9.62. The molecule has 0 N–H and O–H groups in total. The Hall–Kier alpha value is -0.130. The Bertz CT molecular complexity index is 288. The molecule has 20 heavy (non-hydrogen) atoms. The Kier molecular flexibility index (Phi) is 13.7. The number of unbranched alkanes of at least 4 members (excludes halogenated alkanes) is 11. The summed E-state index contributed by atoms with van der Waals surface area (Å²) in [7, 11) is -2.63. The van der Waals surface area contributed by atoms with Crippen molar-refractivity contribution in [3.05, 3.63) is 0 Å². The molecule has 0 amide bonds. The Morgan fingerprint density at radius 1 is 0.700 bits per heavy atom. The Morgan fingerprint density at radius 2 is 1.10 bits per heavy atom. The molecule has 122 valence electrons. The van der Waals surface area contributed by atoms with Crippen molar-refractivity contribution in [2.75, 3.05) is 13.7 Å². The third kappa shape index (κ3) is 14.3. The fourth-order valence-electron chi connectivity index (χ4n) is 2.15. The van der Waals surface area contributed by atoms with E-state index >= 15 is 0 Å². The molecule has 0 fully saturated rings. The van der Waals surface area contributed by atoms with E-state index in [4.69, 9.17) is 0 Å². The molecule has 0 spiro atoms. The summed E-state index contributed by atoms with van der Waals surface area (Å²) < 4.78 is 30.5. The highest BCUT2D eigenvalue weighted by molar-refractivity contribution is 7.81. The van der Waals surface area contributed by atoms with Crippen molar-refractivity contribution >= 4 is 10.4 Å². The van der Waals surface area contributed by atoms with Gasteiger partial charge in [0.25, 0.3) is 0 Å². The van der Waals surface area contributed by atoms with Crippen molar-refractivity contribution in [2.45, 2.75) is 84.0 Å². The average molecular weight is 308 g/mol. The van der Waals surface area contributed by atoms with Crippen LogP contribution >= 0.6 is 0 Å². The zero-order chi connectivity index (χ0) is 15.1. The van der Waals surface area contributed by atoms with Crippen molar-refractivity contribution in [1.82, 2.24) is 0 Å². The smallest absolute Gasteiger partial charge is 0.252 e. The van der Waals surface area contributed by atoms with Gasteiger partial charge in [-0.2, -0.15) is 8.42 Å². The van der Waals surface area contributed by atoms with Crippen LogP contribution < -0.4 is 0 Å². The SMILES string of the molecule is CCCCCCCCCCCCCCOS(=O)(=O)OC. The van der Waals surface area contributed by atoms with Crippen molar-refractivity contribution in [3.8, 4) is 0 Å². The molecule has 0 aromatic rings. The molecule has 5 heteroatoms. The molecule has 0 aromatic carbocycles. The predicted molar refractivity (Wildman–Crippen MR) is 83.0 cm³/mol. The monoisotopic (exact) mass is 308 g/mol. The largest absolute Gasteiger partial charge is 0.399 e. The van der Waals surface area contributed by atoms with Gasteiger partial charge in [-0.1, -0.05) is 77.6 Å². The van der Waals surface area contributed by atoms with Gasteiger partial charge in [-0.3, -0.25) is 4.18 Å². The van der Waals surface area contributed by atoms with E-state index in [1.54, 1.807) is 0 Å². The molecule has 0 bridgehead atoms. The molecular formula is C15H32O4S. The number of hydrogen-bond acceptors (Lipinski definition) is 4. The lowest BCUT2D eigenvalue weighted by Gasteiger charge is -2.03. The Labute approximate surface area is 125 Å². The summed E-state index contributed by atoms with van der Waals surface area (Å²) in [5, 5.41) is 0. The summed E-state index contributed by atoms with van der Waals surface area (Å²) in [5.41, 5.74) is 0. The highest BCUT2D eigenvalue weighted by Crippen LogP contribution is 2.12. The van der Waals surface area contributed by atoms with Gasteiger partial charge in [0, 0.05) is 0 Å². The van der Waals surface area contributed by atoms with Crippen LogP contribution in [-0.4, -0.2) is 22.1 Å². The molecule has 0 rings (SSSR count). The van der Waals surface area contributed by atoms with E-state index in [9.17, 15) is 8.42 Å². The fraction of sp³-hybridized carbons (Fsp3) is 1.00. The van der Waals surface area contributed by atoms with E-state index in [1.807, 2.05) is 0 Å². The molecule has 0 saturated heterocycles. The van der Waals surface area contributed by atoms with Crippen LogP contribution in [0.4, 0.5) is 0 Å². The second kappa shape index (κ2) is 13.8. The molecule has 0 atom stereocenters. The van der Waals surface area contributed by atoms with Gasteiger partial charge in [0.1, 0.15) is 0 Å². The summed E-state index contributed by atoms with van der Waals surface area (Å²) in [4.78, 5) is 0. The number of hydrogen-bond donors (Lipinski definition) is 0. The van der Waals surface area contributed by atoms with Crippen LogP contribution in [0.5, 0.6) is 0 Å². The maximum atomic E-state index is 10.9. The van der Waals surface area contributed by atoms with Crippen LogP contribution in [0.25, 0.3) is 0 Å². The third-order valence-corrected chi connectivity index (χ3v) is 4.29. The first-order valence-corrected chi connectivity index (χ1v) is 9.40. The minimum Gasteiger partial charge on any atom is -0.252 e. The summed E-state index contributed by atoms with van der Waals surface area (Å²) >= 11 is 0. The molecule has 0 radical (unpaired) electrons. The van der Waals surface area contributed by atoms with Gasteiger partial charge in [-0.25, -0.2) is 4.18 Å². The van der Waals surface area contributed by atoms with E-state index in [0.29, 0.717) is 0 Å². The first-order valence-electron chi connectivity index (χ1n) is 8.07. The van der Waals surface area contributed by atoms with Crippen molar-refractivity contribution < 1.29 is 16.8 Å². The van der Waals surface area contributed by atoms with Crippen molar-refractivity contribution in [1.29, 1.82) is 0 Å². The minimum absolute atomic E-state index is 0.230. The minimum atomic E-state index is -3.73. The lowest BCUT2D eigenvalue weighted by Crippen LogP contribution is -2.08. The van der Waals surface area contributed by atoms with Gasteiger partial charge in [0.05, 0.1) is 13.7 Å². The fourth-order valence-corrected chi connectivity index (χ4v) is 2.57. The quantitative estimate of drug-likeness (QED) is 0.415. The van der Waals surface area contributed by atoms with Crippen LogP contribution in [0.1, 0.15) is 84.0 Å². The molecule has 0 aliphatic carbocycles. The molecule has 0 heterocycles. The molecule has 0 aliphatic rings. The topological polar surface area (TPSA) is 52.6 Å². The van der Waals surface area contributed by atoms with Gasteiger partial charge in [0.2, 0.25) is 0 Å². The predicted octanol–water partition coefficient (Wildman–Crippen LogP) is 4.60. The highest BCUT2D eigenvalue weighted by atomic mass is 32.3. The second-order valence-electron chi connectivity index (χ2n) is 5.29. The van der Waals surface area contributed by atoms with Crippen LogP contribution in [-0.2, 0) is 18.8 Å². The molecule has 0 unspecified atom stereocenters. The maximum Gasteiger partial charge on any atom is 0.399 e. The normalized spacial score (nSPS) is 11.9. The zero-order valence-electron chi connectivity index (χ0n) is 13.2. The standard InChI is InChI=1S/C15H32O4S/c1-3-4-5-6-7-8-9-10-11-12-13-14-15-19-20(16,17)18-2/h3-15H2,1-2H3. The summed E-state index contributed by atoms with van der Waals surface area (Å²) in [6, 6.07) is 0.